The zero-order valence-electron chi connectivity index (χ0n) is 9.32. The molecule has 1 aliphatic carbocycles. The molecule has 5 heteroatoms. The monoisotopic (exact) mass is 241 g/mol. The minimum atomic E-state index is -4.84. The third-order valence-electron chi connectivity index (χ3n) is 3.42. The largest absolute Gasteiger partial charge is 0.423 e. The highest BCUT2D eigenvalue weighted by atomic mass is 19.4. The van der Waals surface area contributed by atoms with E-state index in [2.05, 4.69) is 0 Å². The van der Waals surface area contributed by atoms with E-state index in [1.165, 1.54) is 0 Å². The second-order valence-corrected chi connectivity index (χ2v) is 4.73. The molecule has 1 unspecified atom stereocenters. The lowest BCUT2D eigenvalue weighted by Crippen LogP contribution is -2.48. The molecule has 0 saturated heterocycles. The van der Waals surface area contributed by atoms with Gasteiger partial charge in [0, 0.05) is 6.54 Å². The molecule has 1 saturated carbocycles. The third-order valence-corrected chi connectivity index (χ3v) is 3.42. The first-order valence-electron chi connectivity index (χ1n) is 5.85. The van der Waals surface area contributed by atoms with Crippen LogP contribution in [0, 0.1) is 5.92 Å². The van der Waals surface area contributed by atoms with Gasteiger partial charge < -0.3 is 5.73 Å². The molecular weight excluding hydrogens is 222 g/mol. The molecule has 0 amide bonds. The van der Waals surface area contributed by atoms with Crippen molar-refractivity contribution in [2.45, 2.75) is 56.8 Å². The molecule has 16 heavy (non-hydrogen) atoms. The van der Waals surface area contributed by atoms with E-state index in [-0.39, 0.29) is 5.92 Å². The Kier molecular flexibility index (Phi) is 4.59. The Balaban J connectivity index is 2.61. The fraction of sp³-hybridized carbons (Fsp3) is 1.00. The van der Waals surface area contributed by atoms with Crippen molar-refractivity contribution in [3.8, 4) is 0 Å². The Bertz CT molecular complexity index is 209. The molecule has 1 fully saturated rings. The smallest absolute Gasteiger partial charge is 0.327 e. The Morgan fingerprint density at radius 2 is 1.44 bits per heavy atom. The summed E-state index contributed by atoms with van der Waals surface area (Å²) in [5.41, 5.74) is 1.76. The van der Waals surface area contributed by atoms with E-state index in [4.69, 9.17) is 5.73 Å². The van der Waals surface area contributed by atoms with Gasteiger partial charge in [0.2, 0.25) is 5.67 Å². The summed E-state index contributed by atoms with van der Waals surface area (Å²) < 4.78 is 51.2. The molecular formula is C11H19F4N. The summed E-state index contributed by atoms with van der Waals surface area (Å²) in [5, 5.41) is 0. The average molecular weight is 241 g/mol. The summed E-state index contributed by atoms with van der Waals surface area (Å²) >= 11 is 0. The van der Waals surface area contributed by atoms with E-state index >= 15 is 0 Å². The number of halogens is 4. The van der Waals surface area contributed by atoms with Crippen LogP contribution in [0.2, 0.25) is 0 Å². The van der Waals surface area contributed by atoms with Gasteiger partial charge in [-0.3, -0.25) is 0 Å². The standard InChI is InChI=1S/C11H19F4N/c12-10(8-16,11(13,14)15)7-9-5-3-1-2-4-6-9/h9H,1-8,16H2. The zero-order chi connectivity index (χ0) is 12.2. The zero-order valence-corrected chi connectivity index (χ0v) is 9.32. The molecule has 96 valence electrons. The summed E-state index contributed by atoms with van der Waals surface area (Å²) in [4.78, 5) is 0. The van der Waals surface area contributed by atoms with E-state index in [1.54, 1.807) is 0 Å². The normalized spacial score (nSPS) is 23.8. The van der Waals surface area contributed by atoms with Gasteiger partial charge in [-0.05, 0) is 12.3 Å². The van der Waals surface area contributed by atoms with E-state index in [1.807, 2.05) is 0 Å². The Morgan fingerprint density at radius 3 is 1.81 bits per heavy atom. The summed E-state index contributed by atoms with van der Waals surface area (Å²) in [6.07, 6.45) is -0.00817. The summed E-state index contributed by atoms with van der Waals surface area (Å²) in [5.74, 6) is -0.169. The van der Waals surface area contributed by atoms with Gasteiger partial charge in [0.1, 0.15) is 0 Å². The fourth-order valence-electron chi connectivity index (χ4n) is 2.34. The fourth-order valence-corrected chi connectivity index (χ4v) is 2.34. The van der Waals surface area contributed by atoms with Crippen LogP contribution >= 0.6 is 0 Å². The van der Waals surface area contributed by atoms with Crippen LogP contribution in [0.25, 0.3) is 0 Å². The van der Waals surface area contributed by atoms with E-state index in [0.29, 0.717) is 12.8 Å². The van der Waals surface area contributed by atoms with Crippen LogP contribution in [0.5, 0.6) is 0 Å². The van der Waals surface area contributed by atoms with Crippen molar-refractivity contribution in [3.63, 3.8) is 0 Å². The van der Waals surface area contributed by atoms with Crippen LogP contribution in [0.1, 0.15) is 44.9 Å². The maximum absolute atomic E-state index is 13.7. The molecule has 0 radical (unpaired) electrons. The molecule has 1 rings (SSSR count). The van der Waals surface area contributed by atoms with Crippen LogP contribution < -0.4 is 5.73 Å². The van der Waals surface area contributed by atoms with Gasteiger partial charge in [0.15, 0.2) is 0 Å². The van der Waals surface area contributed by atoms with Gasteiger partial charge in [-0.25, -0.2) is 4.39 Å². The maximum atomic E-state index is 13.7. The quantitative estimate of drug-likeness (QED) is 0.593. The highest BCUT2D eigenvalue weighted by Crippen LogP contribution is 2.41. The molecule has 0 aromatic heterocycles. The van der Waals surface area contributed by atoms with E-state index in [0.717, 1.165) is 25.7 Å². The molecule has 0 heterocycles. The van der Waals surface area contributed by atoms with Crippen molar-refractivity contribution >= 4 is 0 Å². The van der Waals surface area contributed by atoms with Crippen LogP contribution in [0.3, 0.4) is 0 Å². The van der Waals surface area contributed by atoms with Crippen LogP contribution in [0.15, 0.2) is 0 Å². The lowest BCUT2D eigenvalue weighted by molar-refractivity contribution is -0.232. The first kappa shape index (κ1) is 13.7. The summed E-state index contributed by atoms with van der Waals surface area (Å²) in [6.45, 7) is -0.965. The number of rotatable bonds is 3. The SMILES string of the molecule is NCC(F)(CC1CCCCCC1)C(F)(F)F. The molecule has 0 aliphatic heterocycles. The molecule has 0 spiro atoms. The second kappa shape index (κ2) is 5.34. The van der Waals surface area contributed by atoms with Gasteiger partial charge in [-0.15, -0.1) is 0 Å². The number of alkyl halides is 4. The van der Waals surface area contributed by atoms with Crippen LogP contribution in [-0.2, 0) is 0 Å². The van der Waals surface area contributed by atoms with Gasteiger partial charge in [-0.2, -0.15) is 13.2 Å². The minimum absolute atomic E-state index is 0.169. The van der Waals surface area contributed by atoms with Crippen molar-refractivity contribution in [1.29, 1.82) is 0 Å². The van der Waals surface area contributed by atoms with Crippen molar-refractivity contribution in [1.82, 2.24) is 0 Å². The third kappa shape index (κ3) is 3.34. The lowest BCUT2D eigenvalue weighted by atomic mass is 9.86. The van der Waals surface area contributed by atoms with E-state index < -0.39 is 24.8 Å². The van der Waals surface area contributed by atoms with Gasteiger partial charge in [-0.1, -0.05) is 38.5 Å². The highest BCUT2D eigenvalue weighted by Gasteiger charge is 2.55. The van der Waals surface area contributed by atoms with Crippen molar-refractivity contribution in [2.24, 2.45) is 11.7 Å². The Morgan fingerprint density at radius 1 is 0.938 bits per heavy atom. The first-order chi connectivity index (χ1) is 7.39. The average Bonchev–Trinajstić information content (AvgIpc) is 2.44. The lowest BCUT2D eigenvalue weighted by Gasteiger charge is -2.30. The molecule has 0 bridgehead atoms. The molecule has 2 N–H and O–H groups in total. The van der Waals surface area contributed by atoms with Crippen molar-refractivity contribution < 1.29 is 17.6 Å². The summed E-state index contributed by atoms with van der Waals surface area (Å²) in [7, 11) is 0. The van der Waals surface area contributed by atoms with Gasteiger partial charge in [0.05, 0.1) is 0 Å². The summed E-state index contributed by atoms with van der Waals surface area (Å²) in [6, 6.07) is 0. The van der Waals surface area contributed by atoms with Crippen molar-refractivity contribution in [3.05, 3.63) is 0 Å². The minimum Gasteiger partial charge on any atom is -0.327 e. The predicted molar refractivity (Wildman–Crippen MR) is 54.8 cm³/mol. The topological polar surface area (TPSA) is 26.0 Å². The van der Waals surface area contributed by atoms with Crippen LogP contribution in [-0.4, -0.2) is 18.4 Å². The number of hydrogen-bond donors (Lipinski definition) is 1. The Hall–Kier alpha value is -0.320. The van der Waals surface area contributed by atoms with Crippen molar-refractivity contribution in [2.75, 3.05) is 6.54 Å². The Labute approximate surface area is 93.4 Å². The van der Waals surface area contributed by atoms with Crippen LogP contribution in [0.4, 0.5) is 17.6 Å². The first-order valence-corrected chi connectivity index (χ1v) is 5.85. The molecule has 1 atom stereocenters. The maximum Gasteiger partial charge on any atom is 0.423 e. The number of nitrogens with two attached hydrogens (primary N) is 1. The van der Waals surface area contributed by atoms with Gasteiger partial charge >= 0.3 is 6.18 Å². The second-order valence-electron chi connectivity index (χ2n) is 4.73. The predicted octanol–water partition coefficient (Wildman–Crippen LogP) is 3.58. The molecule has 1 aliphatic rings. The van der Waals surface area contributed by atoms with Gasteiger partial charge in [0.25, 0.3) is 0 Å². The molecule has 1 nitrogen and oxygen atoms in total. The number of hydrogen-bond acceptors (Lipinski definition) is 1. The molecule has 0 aromatic rings. The van der Waals surface area contributed by atoms with E-state index in [9.17, 15) is 17.6 Å². The highest BCUT2D eigenvalue weighted by molar-refractivity contribution is 4.90. The molecule has 0 aromatic carbocycles.